The number of fused-ring (bicyclic) bond motifs is 1. The number of hydrogen-bond acceptors (Lipinski definition) is 1. The standard InChI is InChI=1S/C19H22BrN/c1-15-13-18-17(10-5-11-19(18)20)14-21(15)12-6-9-16-7-3-2-4-8-16/h2-5,7-8,10-11,15H,6,9,12-14H2,1H3. The van der Waals surface area contributed by atoms with E-state index in [9.17, 15) is 0 Å². The Labute approximate surface area is 136 Å². The summed E-state index contributed by atoms with van der Waals surface area (Å²) in [6.07, 6.45) is 3.56. The van der Waals surface area contributed by atoms with Crippen LogP contribution in [0.2, 0.25) is 0 Å². The fraction of sp³-hybridized carbons (Fsp3) is 0.368. The van der Waals surface area contributed by atoms with Crippen LogP contribution in [-0.4, -0.2) is 17.5 Å². The molecule has 0 aromatic heterocycles. The van der Waals surface area contributed by atoms with Gasteiger partial charge in [0.05, 0.1) is 0 Å². The summed E-state index contributed by atoms with van der Waals surface area (Å²) in [7, 11) is 0. The minimum Gasteiger partial charge on any atom is -0.296 e. The Morgan fingerprint density at radius 1 is 1.10 bits per heavy atom. The van der Waals surface area contributed by atoms with Crippen LogP contribution in [0.1, 0.15) is 30.0 Å². The van der Waals surface area contributed by atoms with E-state index in [1.54, 1.807) is 0 Å². The molecule has 1 heterocycles. The van der Waals surface area contributed by atoms with E-state index in [-0.39, 0.29) is 0 Å². The normalized spacial score (nSPS) is 18.5. The maximum Gasteiger partial charge on any atom is 0.0239 e. The zero-order valence-corrected chi connectivity index (χ0v) is 14.1. The molecule has 1 nitrogen and oxygen atoms in total. The van der Waals surface area contributed by atoms with Crippen molar-refractivity contribution in [2.24, 2.45) is 0 Å². The molecule has 0 amide bonds. The van der Waals surface area contributed by atoms with Gasteiger partial charge in [-0.05, 0) is 55.5 Å². The molecule has 1 unspecified atom stereocenters. The van der Waals surface area contributed by atoms with Crippen LogP contribution < -0.4 is 0 Å². The van der Waals surface area contributed by atoms with E-state index in [1.807, 2.05) is 0 Å². The second kappa shape index (κ2) is 6.76. The Morgan fingerprint density at radius 2 is 1.90 bits per heavy atom. The highest BCUT2D eigenvalue weighted by atomic mass is 79.9. The van der Waals surface area contributed by atoms with E-state index in [2.05, 4.69) is 76.3 Å². The number of aryl methyl sites for hydroxylation is 1. The average Bonchev–Trinajstić information content (AvgIpc) is 2.50. The lowest BCUT2D eigenvalue weighted by Crippen LogP contribution is -2.39. The Bertz CT molecular complexity index is 594. The second-order valence-electron chi connectivity index (χ2n) is 5.99. The molecule has 0 bridgehead atoms. The predicted molar refractivity (Wildman–Crippen MR) is 92.5 cm³/mol. The van der Waals surface area contributed by atoms with Crippen molar-refractivity contribution in [3.8, 4) is 0 Å². The van der Waals surface area contributed by atoms with Crippen LogP contribution in [0.25, 0.3) is 0 Å². The number of rotatable bonds is 4. The largest absolute Gasteiger partial charge is 0.296 e. The van der Waals surface area contributed by atoms with E-state index >= 15 is 0 Å². The number of benzene rings is 2. The highest BCUT2D eigenvalue weighted by Gasteiger charge is 2.23. The van der Waals surface area contributed by atoms with Gasteiger partial charge in [0.15, 0.2) is 0 Å². The summed E-state index contributed by atoms with van der Waals surface area (Å²) in [5.41, 5.74) is 4.44. The van der Waals surface area contributed by atoms with Crippen LogP contribution in [0.3, 0.4) is 0 Å². The Hall–Kier alpha value is -1.12. The van der Waals surface area contributed by atoms with Crippen molar-refractivity contribution in [2.45, 2.75) is 38.8 Å². The van der Waals surface area contributed by atoms with Gasteiger partial charge < -0.3 is 0 Å². The van der Waals surface area contributed by atoms with Gasteiger partial charge >= 0.3 is 0 Å². The van der Waals surface area contributed by atoms with Gasteiger partial charge in [-0.2, -0.15) is 0 Å². The van der Waals surface area contributed by atoms with Gasteiger partial charge in [0.25, 0.3) is 0 Å². The summed E-state index contributed by atoms with van der Waals surface area (Å²) >= 11 is 3.69. The fourth-order valence-corrected chi connectivity index (χ4v) is 3.78. The van der Waals surface area contributed by atoms with E-state index in [0.29, 0.717) is 6.04 Å². The monoisotopic (exact) mass is 343 g/mol. The van der Waals surface area contributed by atoms with Crippen molar-refractivity contribution in [3.63, 3.8) is 0 Å². The number of halogens is 1. The zero-order valence-electron chi connectivity index (χ0n) is 12.6. The SMILES string of the molecule is CC1Cc2c(Br)cccc2CN1CCCc1ccccc1. The molecule has 2 heteroatoms. The fourth-order valence-electron chi connectivity index (χ4n) is 3.21. The lowest BCUT2D eigenvalue weighted by atomic mass is 9.94. The third-order valence-corrected chi connectivity index (χ3v) is 5.21. The molecular formula is C19H22BrN. The van der Waals surface area contributed by atoms with Crippen LogP contribution in [-0.2, 0) is 19.4 Å². The van der Waals surface area contributed by atoms with Gasteiger partial charge in [0.1, 0.15) is 0 Å². The van der Waals surface area contributed by atoms with Crippen LogP contribution in [0.15, 0.2) is 53.0 Å². The number of nitrogens with zero attached hydrogens (tertiary/aromatic N) is 1. The molecule has 0 radical (unpaired) electrons. The van der Waals surface area contributed by atoms with E-state index in [1.165, 1.54) is 40.5 Å². The minimum absolute atomic E-state index is 0.631. The molecule has 0 N–H and O–H groups in total. The summed E-state index contributed by atoms with van der Waals surface area (Å²) in [5, 5.41) is 0. The lowest BCUT2D eigenvalue weighted by molar-refractivity contribution is 0.182. The molecule has 0 saturated heterocycles. The summed E-state index contributed by atoms with van der Waals surface area (Å²) < 4.78 is 1.27. The van der Waals surface area contributed by atoms with Crippen LogP contribution in [0.5, 0.6) is 0 Å². The molecule has 1 aliphatic rings. The summed E-state index contributed by atoms with van der Waals surface area (Å²) in [6.45, 7) is 4.62. The molecule has 3 rings (SSSR count). The van der Waals surface area contributed by atoms with Gasteiger partial charge in [-0.25, -0.2) is 0 Å². The van der Waals surface area contributed by atoms with E-state index in [4.69, 9.17) is 0 Å². The van der Waals surface area contributed by atoms with Gasteiger partial charge in [-0.1, -0.05) is 58.4 Å². The molecule has 0 aliphatic carbocycles. The molecule has 2 aromatic carbocycles. The van der Waals surface area contributed by atoms with Crippen LogP contribution in [0.4, 0.5) is 0 Å². The summed E-state index contributed by atoms with van der Waals surface area (Å²) in [4.78, 5) is 2.62. The average molecular weight is 344 g/mol. The Balaban J connectivity index is 1.60. The minimum atomic E-state index is 0.631. The summed E-state index contributed by atoms with van der Waals surface area (Å²) in [5.74, 6) is 0. The van der Waals surface area contributed by atoms with Crippen molar-refractivity contribution < 1.29 is 0 Å². The highest BCUT2D eigenvalue weighted by Crippen LogP contribution is 2.29. The quantitative estimate of drug-likeness (QED) is 0.768. The zero-order chi connectivity index (χ0) is 14.7. The molecule has 1 atom stereocenters. The topological polar surface area (TPSA) is 3.24 Å². The molecule has 1 aliphatic heterocycles. The molecule has 0 fully saturated rings. The summed E-state index contributed by atoms with van der Waals surface area (Å²) in [6, 6.07) is 18.0. The van der Waals surface area contributed by atoms with E-state index < -0.39 is 0 Å². The van der Waals surface area contributed by atoms with Crippen molar-refractivity contribution in [1.29, 1.82) is 0 Å². The molecule has 110 valence electrons. The van der Waals surface area contributed by atoms with Crippen LogP contribution >= 0.6 is 15.9 Å². The first-order valence-electron chi connectivity index (χ1n) is 7.78. The van der Waals surface area contributed by atoms with Gasteiger partial charge in [0, 0.05) is 17.1 Å². The maximum absolute atomic E-state index is 3.69. The lowest BCUT2D eigenvalue weighted by Gasteiger charge is -2.35. The highest BCUT2D eigenvalue weighted by molar-refractivity contribution is 9.10. The first kappa shape index (κ1) is 14.8. The number of hydrogen-bond donors (Lipinski definition) is 0. The molecular weight excluding hydrogens is 322 g/mol. The van der Waals surface area contributed by atoms with Gasteiger partial charge in [0.2, 0.25) is 0 Å². The predicted octanol–water partition coefficient (Wildman–Crippen LogP) is 4.83. The maximum atomic E-state index is 3.69. The van der Waals surface area contributed by atoms with Crippen LogP contribution in [0, 0.1) is 0 Å². The molecule has 2 aromatic rings. The van der Waals surface area contributed by atoms with Gasteiger partial charge in [-0.3, -0.25) is 4.90 Å². The van der Waals surface area contributed by atoms with Crippen molar-refractivity contribution in [1.82, 2.24) is 4.90 Å². The Kier molecular flexibility index (Phi) is 4.77. The van der Waals surface area contributed by atoms with Crippen molar-refractivity contribution in [3.05, 3.63) is 69.7 Å². The van der Waals surface area contributed by atoms with Crippen molar-refractivity contribution >= 4 is 15.9 Å². The second-order valence-corrected chi connectivity index (χ2v) is 6.84. The third kappa shape index (κ3) is 3.56. The first-order valence-corrected chi connectivity index (χ1v) is 8.57. The molecule has 0 saturated carbocycles. The first-order chi connectivity index (χ1) is 10.2. The molecule has 21 heavy (non-hydrogen) atoms. The molecule has 0 spiro atoms. The van der Waals surface area contributed by atoms with E-state index in [0.717, 1.165) is 13.0 Å². The van der Waals surface area contributed by atoms with Gasteiger partial charge in [-0.15, -0.1) is 0 Å². The third-order valence-electron chi connectivity index (χ3n) is 4.47. The smallest absolute Gasteiger partial charge is 0.0239 e. The Morgan fingerprint density at radius 3 is 2.71 bits per heavy atom. The van der Waals surface area contributed by atoms with Crippen molar-refractivity contribution in [2.75, 3.05) is 6.54 Å².